The topological polar surface area (TPSA) is 27.1 Å². The van der Waals surface area contributed by atoms with Crippen molar-refractivity contribution in [2.75, 3.05) is 6.61 Å². The zero-order valence-electron chi connectivity index (χ0n) is 16.8. The van der Waals surface area contributed by atoms with E-state index in [1.165, 1.54) is 22.2 Å². The molecule has 142 valence electrons. The highest BCUT2D eigenvalue weighted by Gasteiger charge is 2.12. The largest absolute Gasteiger partial charge is 0.494 e. The minimum atomic E-state index is 0.683. The van der Waals surface area contributed by atoms with Gasteiger partial charge in [0.2, 0.25) is 0 Å². The standard InChI is InChI=1S/C25H26N2O/c1-18-8-6-9-21(15-18)25-26-23-10-4-5-11-24(23)27(25)12-7-13-28-22-16-19(2)14-20(3)17-22/h4-6,8-11,14-17H,7,12-13H2,1-3H3. The minimum absolute atomic E-state index is 0.683. The number of imidazole rings is 1. The smallest absolute Gasteiger partial charge is 0.141 e. The van der Waals surface area contributed by atoms with Crippen molar-refractivity contribution in [1.29, 1.82) is 0 Å². The highest BCUT2D eigenvalue weighted by atomic mass is 16.5. The van der Waals surface area contributed by atoms with Crippen molar-refractivity contribution < 1.29 is 4.74 Å². The second kappa shape index (κ2) is 7.89. The lowest BCUT2D eigenvalue weighted by atomic mass is 10.1. The second-order valence-electron chi connectivity index (χ2n) is 7.47. The average Bonchev–Trinajstić information content (AvgIpc) is 3.03. The Bertz CT molecular complexity index is 1090. The van der Waals surface area contributed by atoms with Gasteiger partial charge in [0.05, 0.1) is 17.6 Å². The quantitative estimate of drug-likeness (QED) is 0.384. The molecule has 0 saturated carbocycles. The van der Waals surface area contributed by atoms with E-state index in [0.717, 1.165) is 35.6 Å². The van der Waals surface area contributed by atoms with Gasteiger partial charge in [-0.25, -0.2) is 4.98 Å². The van der Waals surface area contributed by atoms with Crippen molar-refractivity contribution in [2.45, 2.75) is 33.7 Å². The number of rotatable bonds is 6. The van der Waals surface area contributed by atoms with Gasteiger partial charge in [0.25, 0.3) is 0 Å². The Morgan fingerprint density at radius 2 is 1.61 bits per heavy atom. The molecule has 0 aliphatic heterocycles. The van der Waals surface area contributed by atoms with Crippen LogP contribution >= 0.6 is 0 Å². The Morgan fingerprint density at radius 1 is 0.821 bits per heavy atom. The van der Waals surface area contributed by atoms with Crippen LogP contribution in [-0.4, -0.2) is 16.2 Å². The summed E-state index contributed by atoms with van der Waals surface area (Å²) in [6, 6.07) is 23.2. The van der Waals surface area contributed by atoms with E-state index in [0.29, 0.717) is 6.61 Å². The molecule has 3 aromatic carbocycles. The summed E-state index contributed by atoms with van der Waals surface area (Å²) in [5.41, 5.74) is 7.08. The van der Waals surface area contributed by atoms with Crippen molar-refractivity contribution in [2.24, 2.45) is 0 Å². The third kappa shape index (κ3) is 3.94. The molecule has 3 heteroatoms. The third-order valence-corrected chi connectivity index (χ3v) is 4.92. The number of para-hydroxylation sites is 2. The molecule has 0 saturated heterocycles. The molecule has 0 unspecified atom stereocenters. The van der Waals surface area contributed by atoms with Crippen LogP contribution in [0.2, 0.25) is 0 Å². The Balaban J connectivity index is 1.55. The zero-order chi connectivity index (χ0) is 19.5. The number of aromatic nitrogens is 2. The molecular weight excluding hydrogens is 344 g/mol. The van der Waals surface area contributed by atoms with Crippen LogP contribution in [0, 0.1) is 20.8 Å². The van der Waals surface area contributed by atoms with E-state index in [1.54, 1.807) is 0 Å². The minimum Gasteiger partial charge on any atom is -0.494 e. The van der Waals surface area contributed by atoms with Crippen LogP contribution in [0.1, 0.15) is 23.1 Å². The van der Waals surface area contributed by atoms with Crippen LogP contribution in [0.15, 0.2) is 66.7 Å². The fourth-order valence-corrected chi connectivity index (χ4v) is 3.74. The molecule has 0 atom stereocenters. The molecule has 1 heterocycles. The number of nitrogens with zero attached hydrogens (tertiary/aromatic N) is 2. The zero-order valence-corrected chi connectivity index (χ0v) is 16.8. The van der Waals surface area contributed by atoms with Gasteiger partial charge in [-0.1, -0.05) is 42.0 Å². The summed E-state index contributed by atoms with van der Waals surface area (Å²) in [4.78, 5) is 4.91. The number of hydrogen-bond acceptors (Lipinski definition) is 2. The molecule has 3 nitrogen and oxygen atoms in total. The fraction of sp³-hybridized carbons (Fsp3) is 0.240. The molecule has 0 radical (unpaired) electrons. The molecule has 0 amide bonds. The predicted molar refractivity (Wildman–Crippen MR) is 116 cm³/mol. The van der Waals surface area contributed by atoms with Gasteiger partial charge >= 0.3 is 0 Å². The van der Waals surface area contributed by atoms with Crippen molar-refractivity contribution in [3.63, 3.8) is 0 Å². The molecule has 1 aromatic heterocycles. The maximum atomic E-state index is 6.01. The van der Waals surface area contributed by atoms with E-state index in [4.69, 9.17) is 9.72 Å². The molecule has 28 heavy (non-hydrogen) atoms. The maximum absolute atomic E-state index is 6.01. The molecule has 0 fully saturated rings. The van der Waals surface area contributed by atoms with E-state index in [2.05, 4.69) is 86.0 Å². The molecule has 0 bridgehead atoms. The fourth-order valence-electron chi connectivity index (χ4n) is 3.74. The van der Waals surface area contributed by atoms with E-state index in [-0.39, 0.29) is 0 Å². The average molecular weight is 370 g/mol. The van der Waals surface area contributed by atoms with Gasteiger partial charge in [-0.3, -0.25) is 0 Å². The van der Waals surface area contributed by atoms with E-state index in [1.807, 2.05) is 6.07 Å². The number of aryl methyl sites for hydroxylation is 4. The van der Waals surface area contributed by atoms with Gasteiger partial charge in [-0.2, -0.15) is 0 Å². The summed E-state index contributed by atoms with van der Waals surface area (Å²) >= 11 is 0. The van der Waals surface area contributed by atoms with Crippen molar-refractivity contribution in [1.82, 2.24) is 9.55 Å². The third-order valence-electron chi connectivity index (χ3n) is 4.92. The molecule has 0 aliphatic rings. The number of ether oxygens (including phenoxy) is 1. The summed E-state index contributed by atoms with van der Waals surface area (Å²) < 4.78 is 8.32. The molecular formula is C25H26N2O. The van der Waals surface area contributed by atoms with Gasteiger partial charge in [0, 0.05) is 12.1 Å². The first-order valence-electron chi connectivity index (χ1n) is 9.83. The van der Waals surface area contributed by atoms with Crippen molar-refractivity contribution in [3.8, 4) is 17.1 Å². The first kappa shape index (κ1) is 18.3. The lowest BCUT2D eigenvalue weighted by Gasteiger charge is -2.12. The van der Waals surface area contributed by atoms with Crippen LogP contribution in [0.3, 0.4) is 0 Å². The summed E-state index contributed by atoms with van der Waals surface area (Å²) in [6.07, 6.45) is 0.923. The first-order valence-corrected chi connectivity index (χ1v) is 9.83. The first-order chi connectivity index (χ1) is 13.6. The highest BCUT2D eigenvalue weighted by molar-refractivity contribution is 5.80. The molecule has 0 spiro atoms. The Morgan fingerprint density at radius 3 is 2.39 bits per heavy atom. The summed E-state index contributed by atoms with van der Waals surface area (Å²) in [7, 11) is 0. The SMILES string of the molecule is Cc1cc(C)cc(OCCCn2c(-c3cccc(C)c3)nc3ccccc32)c1. The molecule has 4 rings (SSSR count). The monoisotopic (exact) mass is 370 g/mol. The van der Waals surface area contributed by atoms with Crippen molar-refractivity contribution in [3.05, 3.63) is 83.4 Å². The second-order valence-corrected chi connectivity index (χ2v) is 7.47. The Labute approximate surface area is 166 Å². The van der Waals surface area contributed by atoms with Crippen LogP contribution in [0.5, 0.6) is 5.75 Å². The van der Waals surface area contributed by atoms with E-state index >= 15 is 0 Å². The Hall–Kier alpha value is -3.07. The van der Waals surface area contributed by atoms with E-state index < -0.39 is 0 Å². The number of hydrogen-bond donors (Lipinski definition) is 0. The lowest BCUT2D eigenvalue weighted by molar-refractivity contribution is 0.302. The molecule has 0 N–H and O–H groups in total. The van der Waals surface area contributed by atoms with Crippen LogP contribution in [0.4, 0.5) is 0 Å². The van der Waals surface area contributed by atoms with Crippen LogP contribution in [-0.2, 0) is 6.54 Å². The van der Waals surface area contributed by atoms with E-state index in [9.17, 15) is 0 Å². The summed E-state index contributed by atoms with van der Waals surface area (Å²) in [5, 5.41) is 0. The number of benzene rings is 3. The normalized spacial score (nSPS) is 11.1. The van der Waals surface area contributed by atoms with Gasteiger partial charge < -0.3 is 9.30 Å². The van der Waals surface area contributed by atoms with Gasteiger partial charge in [0.15, 0.2) is 0 Å². The predicted octanol–water partition coefficient (Wildman–Crippen LogP) is 6.10. The van der Waals surface area contributed by atoms with Crippen LogP contribution in [0.25, 0.3) is 22.4 Å². The number of fused-ring (bicyclic) bond motifs is 1. The molecule has 0 aliphatic carbocycles. The Kier molecular flexibility index (Phi) is 5.16. The summed E-state index contributed by atoms with van der Waals surface area (Å²) in [6.45, 7) is 7.88. The van der Waals surface area contributed by atoms with Gasteiger partial charge in [-0.15, -0.1) is 0 Å². The van der Waals surface area contributed by atoms with Gasteiger partial charge in [-0.05, 0) is 68.7 Å². The highest BCUT2D eigenvalue weighted by Crippen LogP contribution is 2.26. The van der Waals surface area contributed by atoms with Gasteiger partial charge in [0.1, 0.15) is 11.6 Å². The van der Waals surface area contributed by atoms with Crippen LogP contribution < -0.4 is 4.74 Å². The summed E-state index contributed by atoms with van der Waals surface area (Å²) in [5.74, 6) is 1.98. The lowest BCUT2D eigenvalue weighted by Crippen LogP contribution is -2.06. The maximum Gasteiger partial charge on any atom is 0.141 e. The molecule has 4 aromatic rings. The van der Waals surface area contributed by atoms with Crippen molar-refractivity contribution >= 4 is 11.0 Å².